The van der Waals surface area contributed by atoms with Crippen LogP contribution in [0.4, 0.5) is 0 Å². The van der Waals surface area contributed by atoms with Crippen molar-refractivity contribution in [1.29, 1.82) is 0 Å². The van der Waals surface area contributed by atoms with Gasteiger partial charge in [-0.15, -0.1) is 0 Å². The molecule has 5 nitrogen and oxygen atoms in total. The Labute approximate surface area is 105 Å². The predicted molar refractivity (Wildman–Crippen MR) is 69.6 cm³/mol. The van der Waals surface area contributed by atoms with E-state index in [1.807, 2.05) is 19.2 Å². The summed E-state index contributed by atoms with van der Waals surface area (Å²) in [5.74, 6) is 0.288. The van der Waals surface area contributed by atoms with E-state index < -0.39 is 0 Å². The molecule has 0 spiro atoms. The molecule has 1 aromatic carbocycles. The summed E-state index contributed by atoms with van der Waals surface area (Å²) in [6, 6.07) is 6.29. The first-order chi connectivity index (χ1) is 8.70. The van der Waals surface area contributed by atoms with Crippen LogP contribution in [0.15, 0.2) is 27.4 Å². The quantitative estimate of drug-likeness (QED) is 0.834. The van der Waals surface area contributed by atoms with Gasteiger partial charge in [0.05, 0.1) is 5.52 Å². The number of fused-ring (bicyclic) bond motifs is 1. The Bertz CT molecular complexity index is 625. The van der Waals surface area contributed by atoms with Gasteiger partial charge in [-0.25, -0.2) is 4.79 Å². The molecule has 0 bridgehead atoms. The monoisotopic (exact) mass is 247 g/mol. The SMILES string of the molecule is CNC(c1ccc2c(c1)oc(=O)n2C)C1CNC1. The van der Waals surface area contributed by atoms with E-state index in [0.717, 1.165) is 18.6 Å². The molecule has 18 heavy (non-hydrogen) atoms. The van der Waals surface area contributed by atoms with Crippen molar-refractivity contribution in [1.82, 2.24) is 15.2 Å². The second-order valence-corrected chi connectivity index (χ2v) is 4.84. The van der Waals surface area contributed by atoms with E-state index >= 15 is 0 Å². The third kappa shape index (κ3) is 1.67. The Morgan fingerprint density at radius 2 is 2.28 bits per heavy atom. The number of hydrogen-bond donors (Lipinski definition) is 2. The summed E-state index contributed by atoms with van der Waals surface area (Å²) in [6.45, 7) is 2.06. The molecule has 0 saturated carbocycles. The van der Waals surface area contributed by atoms with Crippen LogP contribution in [-0.2, 0) is 7.05 Å². The summed E-state index contributed by atoms with van der Waals surface area (Å²) in [5.41, 5.74) is 2.67. The first-order valence-electron chi connectivity index (χ1n) is 6.18. The molecule has 2 heterocycles. The van der Waals surface area contributed by atoms with Gasteiger partial charge in [-0.1, -0.05) is 6.07 Å². The highest BCUT2D eigenvalue weighted by Crippen LogP contribution is 2.27. The normalized spacial score (nSPS) is 17.9. The highest BCUT2D eigenvalue weighted by Gasteiger charge is 2.27. The van der Waals surface area contributed by atoms with Crippen LogP contribution in [-0.4, -0.2) is 24.7 Å². The van der Waals surface area contributed by atoms with Crippen LogP contribution in [0, 0.1) is 5.92 Å². The van der Waals surface area contributed by atoms with Gasteiger partial charge in [0.25, 0.3) is 0 Å². The molecule has 1 aromatic heterocycles. The fourth-order valence-corrected chi connectivity index (χ4v) is 2.57. The maximum atomic E-state index is 11.5. The first-order valence-corrected chi connectivity index (χ1v) is 6.18. The zero-order valence-electron chi connectivity index (χ0n) is 10.6. The topological polar surface area (TPSA) is 59.2 Å². The summed E-state index contributed by atoms with van der Waals surface area (Å²) in [4.78, 5) is 11.5. The summed E-state index contributed by atoms with van der Waals surface area (Å²) >= 11 is 0. The van der Waals surface area contributed by atoms with E-state index in [2.05, 4.69) is 16.7 Å². The molecule has 1 saturated heterocycles. The Morgan fingerprint density at radius 3 is 2.89 bits per heavy atom. The van der Waals surface area contributed by atoms with Gasteiger partial charge in [-0.05, 0) is 24.7 Å². The molecule has 5 heteroatoms. The van der Waals surface area contributed by atoms with E-state index in [9.17, 15) is 4.79 Å². The largest absolute Gasteiger partial charge is 0.419 e. The second kappa shape index (κ2) is 4.26. The van der Waals surface area contributed by atoms with Gasteiger partial charge in [0.15, 0.2) is 5.58 Å². The summed E-state index contributed by atoms with van der Waals surface area (Å²) in [5, 5.41) is 6.62. The Kier molecular flexibility index (Phi) is 2.72. The van der Waals surface area contributed by atoms with Crippen LogP contribution in [0.3, 0.4) is 0 Å². The Hall–Kier alpha value is -1.59. The van der Waals surface area contributed by atoms with E-state index in [0.29, 0.717) is 17.5 Å². The standard InChI is InChI=1S/C13H17N3O2/c1-14-12(9-6-15-7-9)8-3-4-10-11(5-8)18-13(17)16(10)2/h3-5,9,12,14-15H,6-7H2,1-2H3. The number of rotatable bonds is 3. The van der Waals surface area contributed by atoms with Crippen LogP contribution in [0.1, 0.15) is 11.6 Å². The minimum absolute atomic E-state index is 0.307. The molecule has 1 aliphatic rings. The van der Waals surface area contributed by atoms with Crippen LogP contribution in [0.2, 0.25) is 0 Å². The molecular formula is C13H17N3O2. The lowest BCUT2D eigenvalue weighted by atomic mass is 9.88. The highest BCUT2D eigenvalue weighted by molar-refractivity contribution is 5.73. The van der Waals surface area contributed by atoms with Crippen molar-refractivity contribution >= 4 is 11.1 Å². The fraction of sp³-hybridized carbons (Fsp3) is 0.462. The summed E-state index contributed by atoms with van der Waals surface area (Å²) in [7, 11) is 3.69. The van der Waals surface area contributed by atoms with Gasteiger partial charge in [-0.3, -0.25) is 4.57 Å². The van der Waals surface area contributed by atoms with Crippen molar-refractivity contribution in [3.8, 4) is 0 Å². The second-order valence-electron chi connectivity index (χ2n) is 4.84. The van der Waals surface area contributed by atoms with Crippen molar-refractivity contribution in [2.75, 3.05) is 20.1 Å². The van der Waals surface area contributed by atoms with Crippen LogP contribution in [0.25, 0.3) is 11.1 Å². The number of aromatic nitrogens is 1. The smallest absolute Gasteiger partial charge is 0.408 e. The molecule has 1 atom stereocenters. The average molecular weight is 247 g/mol. The van der Waals surface area contributed by atoms with Crippen molar-refractivity contribution in [2.45, 2.75) is 6.04 Å². The minimum atomic E-state index is -0.312. The third-order valence-corrected chi connectivity index (χ3v) is 3.77. The zero-order chi connectivity index (χ0) is 12.7. The molecule has 2 aromatic rings. The Morgan fingerprint density at radius 1 is 1.50 bits per heavy atom. The number of aryl methyl sites for hydroxylation is 1. The number of hydrogen-bond acceptors (Lipinski definition) is 4. The molecular weight excluding hydrogens is 230 g/mol. The molecule has 96 valence electrons. The lowest BCUT2D eigenvalue weighted by molar-refractivity contribution is 0.268. The van der Waals surface area contributed by atoms with Gasteiger partial charge in [0.2, 0.25) is 0 Å². The zero-order valence-corrected chi connectivity index (χ0v) is 10.6. The molecule has 0 radical (unpaired) electrons. The van der Waals surface area contributed by atoms with Crippen molar-refractivity contribution in [3.05, 3.63) is 34.3 Å². The molecule has 1 unspecified atom stereocenters. The lowest BCUT2D eigenvalue weighted by Gasteiger charge is -2.34. The number of oxazole rings is 1. The average Bonchev–Trinajstić information content (AvgIpc) is 2.59. The number of nitrogens with one attached hydrogen (secondary N) is 2. The van der Waals surface area contributed by atoms with E-state index in [1.165, 1.54) is 10.1 Å². The Balaban J connectivity index is 2.04. The van der Waals surface area contributed by atoms with Crippen molar-refractivity contribution in [3.63, 3.8) is 0 Å². The van der Waals surface area contributed by atoms with Gasteiger partial charge >= 0.3 is 5.76 Å². The molecule has 2 N–H and O–H groups in total. The molecule has 0 aliphatic carbocycles. The van der Waals surface area contributed by atoms with Crippen LogP contribution >= 0.6 is 0 Å². The van der Waals surface area contributed by atoms with Gasteiger partial charge in [-0.2, -0.15) is 0 Å². The molecule has 1 fully saturated rings. The summed E-state index contributed by atoms with van der Waals surface area (Å²) in [6.07, 6.45) is 0. The first kappa shape index (κ1) is 11.5. The van der Waals surface area contributed by atoms with Crippen LogP contribution < -0.4 is 16.4 Å². The van der Waals surface area contributed by atoms with Gasteiger partial charge < -0.3 is 15.1 Å². The maximum Gasteiger partial charge on any atom is 0.419 e. The van der Waals surface area contributed by atoms with Crippen molar-refractivity contribution in [2.24, 2.45) is 13.0 Å². The fourth-order valence-electron chi connectivity index (χ4n) is 2.57. The third-order valence-electron chi connectivity index (χ3n) is 3.77. The van der Waals surface area contributed by atoms with Crippen LogP contribution in [0.5, 0.6) is 0 Å². The number of nitrogens with zero attached hydrogens (tertiary/aromatic N) is 1. The lowest BCUT2D eigenvalue weighted by Crippen LogP contribution is -2.48. The molecule has 1 aliphatic heterocycles. The van der Waals surface area contributed by atoms with Crippen molar-refractivity contribution < 1.29 is 4.42 Å². The molecule has 0 amide bonds. The van der Waals surface area contributed by atoms with E-state index in [-0.39, 0.29) is 5.76 Å². The van der Waals surface area contributed by atoms with E-state index in [4.69, 9.17) is 4.42 Å². The molecule has 3 rings (SSSR count). The highest BCUT2D eigenvalue weighted by atomic mass is 16.4. The van der Waals surface area contributed by atoms with Gasteiger partial charge in [0, 0.05) is 32.1 Å². The van der Waals surface area contributed by atoms with E-state index in [1.54, 1.807) is 7.05 Å². The maximum absolute atomic E-state index is 11.5. The summed E-state index contributed by atoms with van der Waals surface area (Å²) < 4.78 is 6.76. The van der Waals surface area contributed by atoms with Gasteiger partial charge in [0.1, 0.15) is 0 Å². The predicted octanol–water partition coefficient (Wildman–Crippen LogP) is 0.611. The number of benzene rings is 1. The minimum Gasteiger partial charge on any atom is -0.408 e.